The van der Waals surface area contributed by atoms with Crippen molar-refractivity contribution in [3.05, 3.63) is 29.8 Å². The van der Waals surface area contributed by atoms with E-state index in [9.17, 15) is 5.11 Å². The fourth-order valence-electron chi connectivity index (χ4n) is 2.45. The Hall–Kier alpha value is -0.770. The maximum Gasteiger partial charge on any atom is 0.115 e. The molecule has 1 aliphatic heterocycles. The molecule has 1 N–H and O–H groups in total. The zero-order valence-electron chi connectivity index (χ0n) is 11.1. The first-order valence-electron chi connectivity index (χ1n) is 6.28. The molecule has 1 fully saturated rings. The van der Waals surface area contributed by atoms with Gasteiger partial charge in [0.25, 0.3) is 0 Å². The summed E-state index contributed by atoms with van der Waals surface area (Å²) in [7, 11) is 2.12. The lowest BCUT2D eigenvalue weighted by Crippen LogP contribution is -2.29. The topological polar surface area (TPSA) is 32.7 Å². The fourth-order valence-corrected chi connectivity index (χ4v) is 2.45. The van der Waals surface area contributed by atoms with Crippen molar-refractivity contribution < 1.29 is 9.84 Å². The third-order valence-corrected chi connectivity index (χ3v) is 3.69. The summed E-state index contributed by atoms with van der Waals surface area (Å²) in [5, 5.41) is 9.61. The van der Waals surface area contributed by atoms with Gasteiger partial charge in [0, 0.05) is 13.1 Å². The monoisotopic (exact) mass is 271 g/mol. The van der Waals surface area contributed by atoms with Gasteiger partial charge in [-0.05, 0) is 37.6 Å². The number of ether oxygens (including phenoxy) is 1. The summed E-state index contributed by atoms with van der Waals surface area (Å²) >= 11 is 0. The molecular weight excluding hydrogens is 250 g/mol. The molecule has 102 valence electrons. The van der Waals surface area contributed by atoms with Crippen LogP contribution in [-0.4, -0.2) is 36.8 Å². The molecule has 4 heteroatoms. The van der Waals surface area contributed by atoms with Crippen molar-refractivity contribution in [1.29, 1.82) is 0 Å². The van der Waals surface area contributed by atoms with E-state index in [4.69, 9.17) is 4.74 Å². The van der Waals surface area contributed by atoms with Gasteiger partial charge in [-0.15, -0.1) is 12.4 Å². The number of phenols is 1. The quantitative estimate of drug-likeness (QED) is 0.898. The molecule has 18 heavy (non-hydrogen) atoms. The molecule has 1 aromatic carbocycles. The fraction of sp³-hybridized carbons (Fsp3) is 0.571. The van der Waals surface area contributed by atoms with Crippen LogP contribution in [0.3, 0.4) is 0 Å². The van der Waals surface area contributed by atoms with E-state index in [0.717, 1.165) is 38.1 Å². The Morgan fingerprint density at radius 1 is 1.39 bits per heavy atom. The summed E-state index contributed by atoms with van der Waals surface area (Å²) in [4.78, 5) is 2.29. The predicted octanol–water partition coefficient (Wildman–Crippen LogP) is 2.77. The molecule has 1 heterocycles. The second kappa shape index (κ2) is 6.41. The Bertz CT molecular complexity index is 386. The first-order valence-corrected chi connectivity index (χ1v) is 6.28. The molecule has 0 aromatic heterocycles. The number of benzene rings is 1. The van der Waals surface area contributed by atoms with E-state index in [0.29, 0.717) is 5.75 Å². The summed E-state index contributed by atoms with van der Waals surface area (Å²) in [6.45, 7) is 4.90. The number of hydrogen-bond donors (Lipinski definition) is 1. The molecule has 1 aliphatic rings. The molecule has 1 aromatic rings. The highest BCUT2D eigenvalue weighted by Gasteiger charge is 2.33. The molecule has 1 unspecified atom stereocenters. The average molecular weight is 272 g/mol. The number of aromatic hydroxyl groups is 1. The smallest absolute Gasteiger partial charge is 0.115 e. The summed E-state index contributed by atoms with van der Waals surface area (Å²) < 4.78 is 6.10. The maximum absolute atomic E-state index is 9.61. The number of likely N-dealkylation sites (N-methyl/N-ethyl adjacent to an activating group) is 1. The lowest BCUT2D eigenvalue weighted by atomic mass is 9.87. The second-order valence-corrected chi connectivity index (χ2v) is 4.80. The molecule has 0 spiro atoms. The van der Waals surface area contributed by atoms with Crippen LogP contribution >= 0.6 is 12.4 Å². The van der Waals surface area contributed by atoms with Gasteiger partial charge in [0.1, 0.15) is 5.75 Å². The van der Waals surface area contributed by atoms with Crippen LogP contribution in [0.15, 0.2) is 24.3 Å². The molecule has 0 amide bonds. The Morgan fingerprint density at radius 2 is 2.17 bits per heavy atom. The van der Waals surface area contributed by atoms with E-state index in [1.165, 1.54) is 0 Å². The average Bonchev–Trinajstić information content (AvgIpc) is 2.52. The highest BCUT2D eigenvalue weighted by molar-refractivity contribution is 5.85. The highest BCUT2D eigenvalue weighted by Crippen LogP contribution is 2.36. The van der Waals surface area contributed by atoms with Crippen molar-refractivity contribution in [2.75, 3.05) is 26.7 Å². The molecule has 1 saturated heterocycles. The first-order chi connectivity index (χ1) is 8.16. The largest absolute Gasteiger partial charge is 0.508 e. The van der Waals surface area contributed by atoms with Crippen molar-refractivity contribution in [2.24, 2.45) is 0 Å². The molecular formula is C14H22ClNO2. The first kappa shape index (κ1) is 15.3. The minimum absolute atomic E-state index is 0. The summed E-state index contributed by atoms with van der Waals surface area (Å²) in [6.07, 6.45) is 1.91. The number of nitrogens with zero attached hydrogens (tertiary/aromatic N) is 1. The zero-order valence-corrected chi connectivity index (χ0v) is 11.9. The van der Waals surface area contributed by atoms with Gasteiger partial charge in [-0.1, -0.05) is 19.1 Å². The number of hydrogen-bond acceptors (Lipinski definition) is 3. The van der Waals surface area contributed by atoms with Crippen LogP contribution in [0.2, 0.25) is 0 Å². The van der Waals surface area contributed by atoms with Crippen LogP contribution < -0.4 is 0 Å². The van der Waals surface area contributed by atoms with Gasteiger partial charge in [0.05, 0.1) is 12.2 Å². The number of halogens is 1. The van der Waals surface area contributed by atoms with Gasteiger partial charge >= 0.3 is 0 Å². The Kier molecular flexibility index (Phi) is 5.45. The lowest BCUT2D eigenvalue weighted by molar-refractivity contribution is -0.0464. The van der Waals surface area contributed by atoms with Gasteiger partial charge < -0.3 is 14.7 Å². The third kappa shape index (κ3) is 3.16. The molecule has 0 saturated carbocycles. The van der Waals surface area contributed by atoms with Gasteiger partial charge in [0.15, 0.2) is 0 Å². The van der Waals surface area contributed by atoms with Gasteiger partial charge in [-0.25, -0.2) is 0 Å². The van der Waals surface area contributed by atoms with Crippen LogP contribution in [0.4, 0.5) is 0 Å². The Morgan fingerprint density at radius 3 is 2.83 bits per heavy atom. The lowest BCUT2D eigenvalue weighted by Gasteiger charge is -2.32. The normalized spacial score (nSPS) is 25.2. The standard InChI is InChI=1S/C14H21NO2.ClH/c1-3-14(7-8-15(2)9-10-17-14)12-5-4-6-13(16)11-12;/h4-6,11,16H,3,7-10H2,1-2H3;1H. The number of phenolic OH excluding ortho intramolecular Hbond substituents is 1. The van der Waals surface area contributed by atoms with Gasteiger partial charge in [-0.2, -0.15) is 0 Å². The van der Waals surface area contributed by atoms with Crippen molar-refractivity contribution in [1.82, 2.24) is 4.90 Å². The number of rotatable bonds is 2. The molecule has 3 nitrogen and oxygen atoms in total. The van der Waals surface area contributed by atoms with Crippen molar-refractivity contribution >= 4 is 12.4 Å². The summed E-state index contributed by atoms with van der Waals surface area (Å²) in [5.74, 6) is 0.316. The SMILES string of the molecule is CCC1(c2cccc(O)c2)CCN(C)CCO1.Cl. The minimum Gasteiger partial charge on any atom is -0.508 e. The van der Waals surface area contributed by atoms with E-state index < -0.39 is 0 Å². The van der Waals surface area contributed by atoms with Crippen LogP contribution in [0.1, 0.15) is 25.3 Å². The highest BCUT2D eigenvalue weighted by atomic mass is 35.5. The van der Waals surface area contributed by atoms with Crippen LogP contribution in [0.5, 0.6) is 5.75 Å². The van der Waals surface area contributed by atoms with E-state index in [1.807, 2.05) is 12.1 Å². The summed E-state index contributed by atoms with van der Waals surface area (Å²) in [5.41, 5.74) is 0.860. The predicted molar refractivity (Wildman–Crippen MR) is 75.4 cm³/mol. The minimum atomic E-state index is -0.233. The van der Waals surface area contributed by atoms with Crippen molar-refractivity contribution in [3.8, 4) is 5.75 Å². The van der Waals surface area contributed by atoms with Crippen molar-refractivity contribution in [3.63, 3.8) is 0 Å². The zero-order chi connectivity index (χ0) is 12.3. The molecule has 0 aliphatic carbocycles. The van der Waals surface area contributed by atoms with E-state index in [-0.39, 0.29) is 18.0 Å². The van der Waals surface area contributed by atoms with Crippen LogP contribution in [-0.2, 0) is 10.3 Å². The van der Waals surface area contributed by atoms with E-state index in [1.54, 1.807) is 6.07 Å². The second-order valence-electron chi connectivity index (χ2n) is 4.80. The van der Waals surface area contributed by atoms with Gasteiger partial charge in [0.2, 0.25) is 0 Å². The Balaban J connectivity index is 0.00000162. The van der Waals surface area contributed by atoms with Crippen molar-refractivity contribution in [2.45, 2.75) is 25.4 Å². The van der Waals surface area contributed by atoms with E-state index in [2.05, 4.69) is 24.9 Å². The summed E-state index contributed by atoms with van der Waals surface area (Å²) in [6, 6.07) is 7.47. The molecule has 0 radical (unpaired) electrons. The molecule has 2 rings (SSSR count). The maximum atomic E-state index is 9.61. The van der Waals surface area contributed by atoms with Crippen LogP contribution in [0, 0.1) is 0 Å². The van der Waals surface area contributed by atoms with Gasteiger partial charge in [-0.3, -0.25) is 0 Å². The molecule has 0 bridgehead atoms. The van der Waals surface area contributed by atoms with E-state index >= 15 is 0 Å². The Labute approximate surface area is 115 Å². The third-order valence-electron chi connectivity index (χ3n) is 3.69. The van der Waals surface area contributed by atoms with Crippen LogP contribution in [0.25, 0.3) is 0 Å². The molecule has 1 atom stereocenters.